The van der Waals surface area contributed by atoms with Crippen LogP contribution in [0.15, 0.2) is 24.3 Å². The fraction of sp³-hybridized carbons (Fsp3) is 0.533. The average Bonchev–Trinajstić information content (AvgIpc) is 2.47. The van der Waals surface area contributed by atoms with Crippen LogP contribution in [-0.2, 0) is 10.0 Å². The van der Waals surface area contributed by atoms with Crippen molar-refractivity contribution < 1.29 is 13.2 Å². The second kappa shape index (κ2) is 6.47. The third-order valence-corrected chi connectivity index (χ3v) is 5.63. The molecule has 21 heavy (non-hydrogen) atoms. The lowest BCUT2D eigenvalue weighted by atomic mass is 10.1. The van der Waals surface area contributed by atoms with E-state index >= 15 is 0 Å². The van der Waals surface area contributed by atoms with Gasteiger partial charge in [0, 0.05) is 18.2 Å². The van der Waals surface area contributed by atoms with Gasteiger partial charge in [0.05, 0.1) is 11.4 Å². The SMILES string of the molecule is CCC(C)NC(=O)c1ccc(N2CCCCS2(=O)=O)cc1. The number of hydrogen-bond acceptors (Lipinski definition) is 3. The summed E-state index contributed by atoms with van der Waals surface area (Å²) in [6.45, 7) is 4.47. The zero-order chi connectivity index (χ0) is 15.5. The third kappa shape index (κ3) is 3.75. The molecule has 0 spiro atoms. The largest absolute Gasteiger partial charge is 0.350 e. The Kier molecular flexibility index (Phi) is 4.88. The fourth-order valence-corrected chi connectivity index (χ4v) is 3.91. The maximum Gasteiger partial charge on any atom is 0.251 e. The minimum Gasteiger partial charge on any atom is -0.350 e. The van der Waals surface area contributed by atoms with Gasteiger partial charge >= 0.3 is 0 Å². The Labute approximate surface area is 126 Å². The molecule has 0 radical (unpaired) electrons. The van der Waals surface area contributed by atoms with E-state index in [4.69, 9.17) is 0 Å². The van der Waals surface area contributed by atoms with E-state index in [2.05, 4.69) is 5.32 Å². The van der Waals surface area contributed by atoms with Gasteiger partial charge in [-0.15, -0.1) is 0 Å². The molecule has 1 aliphatic heterocycles. The molecule has 0 aromatic heterocycles. The van der Waals surface area contributed by atoms with Crippen molar-refractivity contribution in [3.63, 3.8) is 0 Å². The van der Waals surface area contributed by atoms with Gasteiger partial charge in [-0.25, -0.2) is 8.42 Å². The predicted octanol–water partition coefficient (Wildman–Crippen LogP) is 2.14. The molecule has 6 heteroatoms. The van der Waals surface area contributed by atoms with Crippen molar-refractivity contribution in [3.8, 4) is 0 Å². The van der Waals surface area contributed by atoms with Crippen LogP contribution in [0.5, 0.6) is 0 Å². The van der Waals surface area contributed by atoms with Crippen LogP contribution in [0.25, 0.3) is 0 Å². The molecule has 1 aliphatic rings. The molecule has 5 nitrogen and oxygen atoms in total. The molecule has 0 saturated carbocycles. The molecule has 1 amide bonds. The first-order chi connectivity index (χ1) is 9.94. The van der Waals surface area contributed by atoms with Crippen molar-refractivity contribution in [1.29, 1.82) is 0 Å². The summed E-state index contributed by atoms with van der Waals surface area (Å²) in [5, 5.41) is 2.89. The summed E-state index contributed by atoms with van der Waals surface area (Å²) in [4.78, 5) is 12.0. The van der Waals surface area contributed by atoms with Crippen LogP contribution >= 0.6 is 0 Å². The predicted molar refractivity (Wildman–Crippen MR) is 84.0 cm³/mol. The first kappa shape index (κ1) is 15.8. The van der Waals surface area contributed by atoms with Gasteiger partial charge in [0.1, 0.15) is 0 Å². The van der Waals surface area contributed by atoms with Crippen molar-refractivity contribution in [1.82, 2.24) is 5.32 Å². The van der Waals surface area contributed by atoms with E-state index < -0.39 is 10.0 Å². The van der Waals surface area contributed by atoms with Crippen molar-refractivity contribution >= 4 is 21.6 Å². The van der Waals surface area contributed by atoms with Crippen molar-refractivity contribution in [2.45, 2.75) is 39.2 Å². The Morgan fingerprint density at radius 3 is 2.52 bits per heavy atom. The Morgan fingerprint density at radius 1 is 1.29 bits per heavy atom. The first-order valence-corrected chi connectivity index (χ1v) is 8.96. The minimum atomic E-state index is -3.20. The summed E-state index contributed by atoms with van der Waals surface area (Å²) in [5.41, 5.74) is 1.18. The molecule has 1 fully saturated rings. The Balaban J connectivity index is 2.13. The van der Waals surface area contributed by atoms with Crippen LogP contribution in [0.2, 0.25) is 0 Å². The van der Waals surface area contributed by atoms with Crippen LogP contribution in [0, 0.1) is 0 Å². The number of anilines is 1. The summed E-state index contributed by atoms with van der Waals surface area (Å²) < 4.78 is 25.5. The van der Waals surface area contributed by atoms with Crippen molar-refractivity contribution in [3.05, 3.63) is 29.8 Å². The summed E-state index contributed by atoms with van der Waals surface area (Å²) in [6, 6.07) is 6.89. The van der Waals surface area contributed by atoms with Gasteiger partial charge in [-0.3, -0.25) is 9.10 Å². The van der Waals surface area contributed by atoms with E-state index in [1.807, 2.05) is 13.8 Å². The van der Waals surface area contributed by atoms with Crippen LogP contribution < -0.4 is 9.62 Å². The van der Waals surface area contributed by atoms with E-state index in [1.165, 1.54) is 4.31 Å². The number of sulfonamides is 1. The smallest absolute Gasteiger partial charge is 0.251 e. The maximum absolute atomic E-state index is 12.0. The second-order valence-electron chi connectivity index (χ2n) is 5.42. The highest BCUT2D eigenvalue weighted by Crippen LogP contribution is 2.23. The monoisotopic (exact) mass is 310 g/mol. The number of carbonyl (C=O) groups is 1. The van der Waals surface area contributed by atoms with Gasteiger partial charge in [-0.2, -0.15) is 0 Å². The maximum atomic E-state index is 12.0. The Hall–Kier alpha value is -1.56. The lowest BCUT2D eigenvalue weighted by Gasteiger charge is -2.28. The molecule has 116 valence electrons. The molecule has 1 heterocycles. The zero-order valence-corrected chi connectivity index (χ0v) is 13.3. The highest BCUT2D eigenvalue weighted by Gasteiger charge is 2.25. The molecular formula is C15H22N2O3S. The quantitative estimate of drug-likeness (QED) is 0.926. The topological polar surface area (TPSA) is 66.5 Å². The highest BCUT2D eigenvalue weighted by molar-refractivity contribution is 7.92. The number of rotatable bonds is 4. The molecular weight excluding hydrogens is 288 g/mol. The highest BCUT2D eigenvalue weighted by atomic mass is 32.2. The Bertz CT molecular complexity index is 596. The molecule has 0 bridgehead atoms. The summed E-state index contributed by atoms with van der Waals surface area (Å²) in [5.74, 6) is 0.0703. The summed E-state index contributed by atoms with van der Waals surface area (Å²) in [7, 11) is -3.20. The molecule has 2 rings (SSSR count). The summed E-state index contributed by atoms with van der Waals surface area (Å²) >= 11 is 0. The lowest BCUT2D eigenvalue weighted by molar-refractivity contribution is 0.0939. The van der Waals surface area contributed by atoms with Crippen LogP contribution in [0.1, 0.15) is 43.5 Å². The lowest BCUT2D eigenvalue weighted by Crippen LogP contribution is -2.37. The van der Waals surface area contributed by atoms with Crippen LogP contribution in [0.3, 0.4) is 0 Å². The van der Waals surface area contributed by atoms with E-state index in [0.29, 0.717) is 24.2 Å². The third-order valence-electron chi connectivity index (χ3n) is 3.76. The minimum absolute atomic E-state index is 0.125. The fourth-order valence-electron chi connectivity index (χ4n) is 2.27. The van der Waals surface area contributed by atoms with Crippen molar-refractivity contribution in [2.24, 2.45) is 0 Å². The van der Waals surface area contributed by atoms with Crippen LogP contribution in [0.4, 0.5) is 5.69 Å². The summed E-state index contributed by atoms with van der Waals surface area (Å²) in [6.07, 6.45) is 2.46. The average molecular weight is 310 g/mol. The van der Waals surface area contributed by atoms with E-state index in [-0.39, 0.29) is 17.7 Å². The van der Waals surface area contributed by atoms with Gasteiger partial charge < -0.3 is 5.32 Å². The molecule has 1 saturated heterocycles. The second-order valence-corrected chi connectivity index (χ2v) is 7.44. The Morgan fingerprint density at radius 2 is 1.95 bits per heavy atom. The zero-order valence-electron chi connectivity index (χ0n) is 12.5. The van der Waals surface area contributed by atoms with Gasteiger partial charge in [0.25, 0.3) is 5.91 Å². The van der Waals surface area contributed by atoms with E-state index in [9.17, 15) is 13.2 Å². The molecule has 1 N–H and O–H groups in total. The standard InChI is InChI=1S/C15H22N2O3S/c1-3-12(2)16-15(18)13-6-8-14(9-7-13)17-10-4-5-11-21(17,19)20/h6-9,12H,3-5,10-11H2,1-2H3,(H,16,18). The molecule has 1 unspecified atom stereocenters. The first-order valence-electron chi connectivity index (χ1n) is 7.35. The van der Waals surface area contributed by atoms with Gasteiger partial charge in [-0.05, 0) is 50.5 Å². The number of benzene rings is 1. The molecule has 1 atom stereocenters. The number of nitrogens with zero attached hydrogens (tertiary/aromatic N) is 1. The van der Waals surface area contributed by atoms with Crippen molar-refractivity contribution in [2.75, 3.05) is 16.6 Å². The van der Waals surface area contributed by atoms with Crippen LogP contribution in [-0.4, -0.2) is 32.7 Å². The molecule has 0 aliphatic carbocycles. The number of nitrogens with one attached hydrogen (secondary N) is 1. The normalized spacial score (nSPS) is 19.0. The van der Waals surface area contributed by atoms with Gasteiger partial charge in [0.15, 0.2) is 0 Å². The number of hydrogen-bond donors (Lipinski definition) is 1. The van der Waals surface area contributed by atoms with Gasteiger partial charge in [-0.1, -0.05) is 6.92 Å². The number of carbonyl (C=O) groups excluding carboxylic acids is 1. The van der Waals surface area contributed by atoms with E-state index in [1.54, 1.807) is 24.3 Å². The van der Waals surface area contributed by atoms with E-state index in [0.717, 1.165) is 12.8 Å². The molecule has 1 aromatic rings. The number of amides is 1. The molecule has 1 aromatic carbocycles. The van der Waals surface area contributed by atoms with Gasteiger partial charge in [0.2, 0.25) is 10.0 Å².